The molecule has 0 aromatic heterocycles. The third-order valence-corrected chi connectivity index (χ3v) is 3.52. The van der Waals surface area contributed by atoms with Gasteiger partial charge in [-0.1, -0.05) is 6.92 Å². The lowest BCUT2D eigenvalue weighted by Gasteiger charge is -2.40. The number of nitrogens with one attached hydrogen (secondary N) is 1. The Labute approximate surface area is 86.5 Å². The zero-order valence-corrected chi connectivity index (χ0v) is 10.1. The fraction of sp³-hybridized carbons (Fsp3) is 1.00. The predicted molar refractivity (Wildman–Crippen MR) is 61.5 cm³/mol. The van der Waals surface area contributed by atoms with Crippen molar-refractivity contribution in [2.24, 2.45) is 0 Å². The highest BCUT2D eigenvalue weighted by atomic mass is 32.2. The van der Waals surface area contributed by atoms with Gasteiger partial charge in [0.05, 0.1) is 0 Å². The van der Waals surface area contributed by atoms with Crippen molar-refractivity contribution in [2.75, 3.05) is 32.4 Å². The fourth-order valence-corrected chi connectivity index (χ4v) is 2.20. The van der Waals surface area contributed by atoms with Gasteiger partial charge in [0, 0.05) is 37.0 Å². The summed E-state index contributed by atoms with van der Waals surface area (Å²) < 4.78 is 0. The number of hydrogen-bond acceptors (Lipinski definition) is 3. The second-order valence-corrected chi connectivity index (χ2v) is 5.87. The molecule has 1 aliphatic heterocycles. The fourth-order valence-electron chi connectivity index (χ4n) is 1.84. The van der Waals surface area contributed by atoms with E-state index in [0.717, 1.165) is 11.8 Å². The number of hydrogen-bond donors (Lipinski definition) is 1. The molecule has 0 bridgehead atoms. The Balaban J connectivity index is 2.34. The van der Waals surface area contributed by atoms with Crippen molar-refractivity contribution >= 4 is 11.8 Å². The number of thioether (sulfide) groups is 1. The molecule has 1 heterocycles. The largest absolute Gasteiger partial charge is 0.309 e. The maximum Gasteiger partial charge on any atom is 0.0252 e. The van der Waals surface area contributed by atoms with Crippen molar-refractivity contribution in [3.63, 3.8) is 0 Å². The van der Waals surface area contributed by atoms with Crippen LogP contribution >= 0.6 is 11.8 Å². The lowest BCUT2D eigenvalue weighted by Crippen LogP contribution is -2.57. The van der Waals surface area contributed by atoms with E-state index in [4.69, 9.17) is 0 Å². The molecule has 0 aromatic carbocycles. The van der Waals surface area contributed by atoms with Gasteiger partial charge in [0.25, 0.3) is 0 Å². The quantitative estimate of drug-likeness (QED) is 0.745. The van der Waals surface area contributed by atoms with Gasteiger partial charge in [-0.15, -0.1) is 0 Å². The molecule has 0 radical (unpaired) electrons. The zero-order valence-electron chi connectivity index (χ0n) is 9.26. The minimum Gasteiger partial charge on any atom is -0.309 e. The summed E-state index contributed by atoms with van der Waals surface area (Å²) in [5.74, 6) is 0. The topological polar surface area (TPSA) is 15.3 Å². The standard InChI is InChI=1S/C10H22N2S/c1-9(13-4)7-12-6-5-11-10(2,3)8-12/h9,11H,5-8H2,1-4H3. The predicted octanol–water partition coefficient (Wildman–Crippen LogP) is 1.42. The molecule has 3 heteroatoms. The second kappa shape index (κ2) is 4.67. The lowest BCUT2D eigenvalue weighted by atomic mass is 10.0. The first kappa shape index (κ1) is 11.3. The smallest absolute Gasteiger partial charge is 0.0252 e. The van der Waals surface area contributed by atoms with Crippen molar-refractivity contribution in [1.82, 2.24) is 10.2 Å². The molecule has 1 unspecified atom stereocenters. The van der Waals surface area contributed by atoms with Gasteiger partial charge >= 0.3 is 0 Å². The van der Waals surface area contributed by atoms with Gasteiger partial charge in [0.1, 0.15) is 0 Å². The van der Waals surface area contributed by atoms with Crippen LogP contribution in [0.3, 0.4) is 0 Å². The maximum atomic E-state index is 3.53. The highest BCUT2D eigenvalue weighted by molar-refractivity contribution is 7.99. The minimum absolute atomic E-state index is 0.302. The van der Waals surface area contributed by atoms with E-state index in [9.17, 15) is 0 Å². The van der Waals surface area contributed by atoms with Crippen LogP contribution in [0.5, 0.6) is 0 Å². The molecular formula is C10H22N2S. The first-order valence-electron chi connectivity index (χ1n) is 5.04. The molecule has 1 fully saturated rings. The van der Waals surface area contributed by atoms with Crippen LogP contribution in [-0.2, 0) is 0 Å². The van der Waals surface area contributed by atoms with Crippen molar-refractivity contribution in [3.05, 3.63) is 0 Å². The summed E-state index contributed by atoms with van der Waals surface area (Å²) in [6, 6.07) is 0. The summed E-state index contributed by atoms with van der Waals surface area (Å²) in [6.07, 6.45) is 2.19. The Morgan fingerprint density at radius 3 is 2.77 bits per heavy atom. The van der Waals surface area contributed by atoms with Crippen molar-refractivity contribution in [3.8, 4) is 0 Å². The van der Waals surface area contributed by atoms with Gasteiger partial charge in [0.2, 0.25) is 0 Å². The normalized spacial score (nSPS) is 25.8. The Bertz CT molecular complexity index is 159. The third kappa shape index (κ3) is 3.88. The summed E-state index contributed by atoms with van der Waals surface area (Å²) >= 11 is 1.96. The van der Waals surface area contributed by atoms with E-state index in [1.807, 2.05) is 11.8 Å². The van der Waals surface area contributed by atoms with Crippen LogP contribution < -0.4 is 5.32 Å². The van der Waals surface area contributed by atoms with E-state index in [2.05, 4.69) is 37.2 Å². The zero-order chi connectivity index (χ0) is 9.90. The first-order valence-corrected chi connectivity index (χ1v) is 6.32. The second-order valence-electron chi connectivity index (χ2n) is 4.59. The van der Waals surface area contributed by atoms with Gasteiger partial charge in [-0.3, -0.25) is 4.90 Å². The highest BCUT2D eigenvalue weighted by Gasteiger charge is 2.25. The molecule has 0 spiro atoms. The lowest BCUT2D eigenvalue weighted by molar-refractivity contribution is 0.157. The van der Waals surface area contributed by atoms with Gasteiger partial charge in [-0.05, 0) is 20.1 Å². The summed E-state index contributed by atoms with van der Waals surface area (Å²) in [7, 11) is 0. The molecule has 0 aliphatic carbocycles. The van der Waals surface area contributed by atoms with Crippen LogP contribution in [-0.4, -0.2) is 48.1 Å². The number of piperazine rings is 1. The molecule has 1 rings (SSSR count). The first-order chi connectivity index (χ1) is 6.03. The summed E-state index contributed by atoms with van der Waals surface area (Å²) in [6.45, 7) is 11.6. The molecule has 1 atom stereocenters. The minimum atomic E-state index is 0.302. The number of nitrogens with zero attached hydrogens (tertiary/aromatic N) is 1. The molecule has 1 N–H and O–H groups in total. The SMILES string of the molecule is CSC(C)CN1CCNC(C)(C)C1. The van der Waals surface area contributed by atoms with Crippen LogP contribution in [0, 0.1) is 0 Å². The average molecular weight is 202 g/mol. The highest BCUT2D eigenvalue weighted by Crippen LogP contribution is 2.13. The van der Waals surface area contributed by atoms with Crippen LogP contribution in [0.15, 0.2) is 0 Å². The van der Waals surface area contributed by atoms with Gasteiger partial charge in [-0.2, -0.15) is 11.8 Å². The monoisotopic (exact) mass is 202 g/mol. The van der Waals surface area contributed by atoms with Crippen molar-refractivity contribution < 1.29 is 0 Å². The van der Waals surface area contributed by atoms with Gasteiger partial charge < -0.3 is 5.32 Å². The Morgan fingerprint density at radius 1 is 1.54 bits per heavy atom. The molecular weight excluding hydrogens is 180 g/mol. The van der Waals surface area contributed by atoms with Gasteiger partial charge in [-0.25, -0.2) is 0 Å². The Morgan fingerprint density at radius 2 is 2.23 bits per heavy atom. The van der Waals surface area contributed by atoms with Crippen molar-refractivity contribution in [2.45, 2.75) is 31.6 Å². The van der Waals surface area contributed by atoms with Crippen LogP contribution in [0.4, 0.5) is 0 Å². The Hall–Kier alpha value is 0.270. The average Bonchev–Trinajstić information content (AvgIpc) is 2.02. The third-order valence-electron chi connectivity index (χ3n) is 2.57. The molecule has 78 valence electrons. The van der Waals surface area contributed by atoms with E-state index in [0.29, 0.717) is 5.54 Å². The van der Waals surface area contributed by atoms with E-state index in [1.165, 1.54) is 19.6 Å². The molecule has 0 amide bonds. The summed E-state index contributed by atoms with van der Waals surface area (Å²) in [5, 5.41) is 4.29. The molecule has 13 heavy (non-hydrogen) atoms. The van der Waals surface area contributed by atoms with E-state index < -0.39 is 0 Å². The van der Waals surface area contributed by atoms with E-state index in [1.54, 1.807) is 0 Å². The molecule has 1 saturated heterocycles. The maximum absolute atomic E-state index is 3.53. The van der Waals surface area contributed by atoms with Crippen LogP contribution in [0.2, 0.25) is 0 Å². The van der Waals surface area contributed by atoms with Crippen LogP contribution in [0.25, 0.3) is 0 Å². The molecule has 0 saturated carbocycles. The Kier molecular flexibility index (Phi) is 4.07. The molecule has 0 aromatic rings. The summed E-state index contributed by atoms with van der Waals surface area (Å²) in [4.78, 5) is 2.57. The number of rotatable bonds is 3. The summed E-state index contributed by atoms with van der Waals surface area (Å²) in [5.41, 5.74) is 0.302. The van der Waals surface area contributed by atoms with Crippen molar-refractivity contribution in [1.29, 1.82) is 0 Å². The van der Waals surface area contributed by atoms with E-state index >= 15 is 0 Å². The van der Waals surface area contributed by atoms with E-state index in [-0.39, 0.29) is 0 Å². The molecule has 1 aliphatic rings. The van der Waals surface area contributed by atoms with Crippen LogP contribution in [0.1, 0.15) is 20.8 Å². The van der Waals surface area contributed by atoms with Gasteiger partial charge in [0.15, 0.2) is 0 Å². The molecule has 2 nitrogen and oxygen atoms in total.